The number of ether oxygens (including phenoxy) is 1. The van der Waals surface area contributed by atoms with E-state index in [0.29, 0.717) is 0 Å². The first kappa shape index (κ1) is 16.9. The fourth-order valence-corrected chi connectivity index (χ4v) is 2.99. The highest BCUT2D eigenvalue weighted by Gasteiger charge is 2.45. The van der Waals surface area contributed by atoms with Crippen molar-refractivity contribution in [3.05, 3.63) is 35.9 Å². The van der Waals surface area contributed by atoms with E-state index >= 15 is 0 Å². The quantitative estimate of drug-likeness (QED) is 0.843. The molecule has 1 N–H and O–H groups in total. The minimum Gasteiger partial charge on any atom is -0.466 e. The van der Waals surface area contributed by atoms with Gasteiger partial charge in [-0.1, -0.05) is 30.3 Å². The van der Waals surface area contributed by atoms with Crippen LogP contribution < -0.4 is 5.32 Å². The number of nitrogens with one attached hydrogen (secondary N) is 1. The molecule has 22 heavy (non-hydrogen) atoms. The minimum absolute atomic E-state index is 0.00477. The van der Waals surface area contributed by atoms with E-state index in [2.05, 4.69) is 5.32 Å². The number of hydrogen-bond donors (Lipinski definition) is 1. The summed E-state index contributed by atoms with van der Waals surface area (Å²) in [4.78, 5) is 12.0. The van der Waals surface area contributed by atoms with Crippen molar-refractivity contribution in [3.8, 4) is 0 Å². The summed E-state index contributed by atoms with van der Waals surface area (Å²) in [6.45, 7) is 3.88. The molecule has 0 amide bonds. The first-order valence-electron chi connectivity index (χ1n) is 7.78. The van der Waals surface area contributed by atoms with E-state index in [4.69, 9.17) is 4.74 Å². The Morgan fingerprint density at radius 1 is 1.41 bits per heavy atom. The second-order valence-electron chi connectivity index (χ2n) is 5.86. The van der Waals surface area contributed by atoms with Gasteiger partial charge in [-0.05, 0) is 25.8 Å². The maximum atomic E-state index is 13.7. The second-order valence-corrected chi connectivity index (χ2v) is 5.86. The Morgan fingerprint density at radius 2 is 2.09 bits per heavy atom. The molecule has 0 saturated heterocycles. The molecule has 2 rings (SSSR count). The third-order valence-electron chi connectivity index (χ3n) is 4.18. The summed E-state index contributed by atoms with van der Waals surface area (Å²) in [5, 5.41) is 3.33. The Hall–Kier alpha value is -1.49. The van der Waals surface area contributed by atoms with E-state index in [-0.39, 0.29) is 31.5 Å². The monoisotopic (exact) mass is 311 g/mol. The molecular weight excluding hydrogens is 288 g/mol. The third-order valence-corrected chi connectivity index (χ3v) is 4.18. The Kier molecular flexibility index (Phi) is 5.51. The first-order chi connectivity index (χ1) is 10.4. The largest absolute Gasteiger partial charge is 0.466 e. The molecule has 1 aromatic rings. The lowest BCUT2D eigenvalue weighted by atomic mass is 9.81. The standard InChI is InChI=1S/C17H23F2NO2/c1-3-22-16(21)14-11-17(18,19)10-9-15(14)20-12(2)13-7-5-4-6-8-13/h4-8,12,14-15,20H,3,9-11H2,1-2H3/t12-,14-,15-/m0/s1. The van der Waals surface area contributed by atoms with Crippen LogP contribution in [0.5, 0.6) is 0 Å². The maximum Gasteiger partial charge on any atom is 0.310 e. The zero-order valence-electron chi connectivity index (χ0n) is 13.0. The van der Waals surface area contributed by atoms with Gasteiger partial charge in [0.2, 0.25) is 5.92 Å². The van der Waals surface area contributed by atoms with E-state index in [1.54, 1.807) is 6.92 Å². The van der Waals surface area contributed by atoms with Gasteiger partial charge in [-0.15, -0.1) is 0 Å². The molecule has 3 atom stereocenters. The summed E-state index contributed by atoms with van der Waals surface area (Å²) < 4.78 is 32.3. The van der Waals surface area contributed by atoms with Crippen LogP contribution in [0.2, 0.25) is 0 Å². The zero-order chi connectivity index (χ0) is 16.2. The van der Waals surface area contributed by atoms with Crippen molar-refractivity contribution in [2.24, 2.45) is 5.92 Å². The van der Waals surface area contributed by atoms with E-state index in [1.165, 1.54) is 0 Å². The lowest BCUT2D eigenvalue weighted by Crippen LogP contribution is -2.48. The van der Waals surface area contributed by atoms with Crippen molar-refractivity contribution in [1.82, 2.24) is 5.32 Å². The molecule has 0 spiro atoms. The Balaban J connectivity index is 2.08. The molecule has 5 heteroatoms. The average molecular weight is 311 g/mol. The lowest BCUT2D eigenvalue weighted by Gasteiger charge is -2.36. The minimum atomic E-state index is -2.79. The van der Waals surface area contributed by atoms with Crippen molar-refractivity contribution in [3.63, 3.8) is 0 Å². The Labute approximate surface area is 130 Å². The highest BCUT2D eigenvalue weighted by atomic mass is 19.3. The molecule has 1 saturated carbocycles. The number of carbonyl (C=O) groups is 1. The van der Waals surface area contributed by atoms with Gasteiger partial charge in [0.15, 0.2) is 0 Å². The number of benzene rings is 1. The number of hydrogen-bond acceptors (Lipinski definition) is 3. The highest BCUT2D eigenvalue weighted by molar-refractivity contribution is 5.73. The van der Waals surface area contributed by atoms with Crippen LogP contribution in [0.3, 0.4) is 0 Å². The van der Waals surface area contributed by atoms with E-state index in [1.807, 2.05) is 37.3 Å². The number of alkyl halides is 2. The van der Waals surface area contributed by atoms with Gasteiger partial charge in [-0.3, -0.25) is 4.79 Å². The summed E-state index contributed by atoms with van der Waals surface area (Å²) in [5.74, 6) is -4.11. The van der Waals surface area contributed by atoms with Gasteiger partial charge < -0.3 is 10.1 Å². The molecule has 122 valence electrons. The molecule has 1 fully saturated rings. The van der Waals surface area contributed by atoms with Gasteiger partial charge in [-0.2, -0.15) is 0 Å². The smallest absolute Gasteiger partial charge is 0.310 e. The maximum absolute atomic E-state index is 13.7. The van der Waals surface area contributed by atoms with Crippen LogP contribution in [0, 0.1) is 5.92 Å². The molecule has 3 nitrogen and oxygen atoms in total. The average Bonchev–Trinajstić information content (AvgIpc) is 2.50. The highest BCUT2D eigenvalue weighted by Crippen LogP contribution is 2.38. The van der Waals surface area contributed by atoms with Crippen molar-refractivity contribution in [1.29, 1.82) is 0 Å². The summed E-state index contributed by atoms with van der Waals surface area (Å²) in [6.07, 6.45) is -0.360. The van der Waals surface area contributed by atoms with E-state index in [0.717, 1.165) is 5.56 Å². The topological polar surface area (TPSA) is 38.3 Å². The zero-order valence-corrected chi connectivity index (χ0v) is 13.0. The SMILES string of the molecule is CCOC(=O)[C@H]1CC(F)(F)CC[C@@H]1N[C@@H](C)c1ccccc1. The van der Waals surface area contributed by atoms with Crippen molar-refractivity contribution < 1.29 is 18.3 Å². The van der Waals surface area contributed by atoms with Crippen molar-refractivity contribution in [2.75, 3.05) is 6.61 Å². The Morgan fingerprint density at radius 3 is 2.73 bits per heavy atom. The fourth-order valence-electron chi connectivity index (χ4n) is 2.99. The summed E-state index contributed by atoms with van der Waals surface area (Å²) in [7, 11) is 0. The predicted octanol–water partition coefficient (Wildman–Crippen LogP) is 3.70. The molecule has 0 heterocycles. The number of carbonyl (C=O) groups excluding carboxylic acids is 1. The van der Waals surface area contributed by atoms with Crippen LogP contribution in [-0.2, 0) is 9.53 Å². The van der Waals surface area contributed by atoms with Crippen LogP contribution in [0.1, 0.15) is 44.7 Å². The van der Waals surface area contributed by atoms with Gasteiger partial charge in [0.05, 0.1) is 12.5 Å². The summed E-state index contributed by atoms with van der Waals surface area (Å²) >= 11 is 0. The lowest BCUT2D eigenvalue weighted by molar-refractivity contribution is -0.157. The van der Waals surface area contributed by atoms with Crippen LogP contribution in [0.25, 0.3) is 0 Å². The molecule has 1 aliphatic carbocycles. The van der Waals surface area contributed by atoms with E-state index < -0.39 is 24.2 Å². The Bertz CT molecular complexity index is 493. The number of rotatable bonds is 5. The fraction of sp³-hybridized carbons (Fsp3) is 0.588. The molecule has 0 radical (unpaired) electrons. The van der Waals surface area contributed by atoms with Gasteiger partial charge in [0, 0.05) is 24.9 Å². The molecule has 0 bridgehead atoms. The molecular formula is C17H23F2NO2. The first-order valence-corrected chi connectivity index (χ1v) is 7.78. The van der Waals surface area contributed by atoms with E-state index in [9.17, 15) is 13.6 Å². The van der Waals surface area contributed by atoms with Gasteiger partial charge in [-0.25, -0.2) is 8.78 Å². The molecule has 1 aromatic carbocycles. The summed E-state index contributed by atoms with van der Waals surface area (Å²) in [5.41, 5.74) is 1.07. The van der Waals surface area contributed by atoms with Crippen LogP contribution in [-0.4, -0.2) is 24.5 Å². The van der Waals surface area contributed by atoms with Crippen LogP contribution in [0.15, 0.2) is 30.3 Å². The van der Waals surface area contributed by atoms with Gasteiger partial charge in [0.1, 0.15) is 0 Å². The van der Waals surface area contributed by atoms with Gasteiger partial charge in [0.25, 0.3) is 0 Å². The van der Waals surface area contributed by atoms with Crippen LogP contribution >= 0.6 is 0 Å². The molecule has 0 unspecified atom stereocenters. The molecule has 0 aromatic heterocycles. The van der Waals surface area contributed by atoms with Gasteiger partial charge >= 0.3 is 5.97 Å². The van der Waals surface area contributed by atoms with Crippen LogP contribution in [0.4, 0.5) is 8.78 Å². The third kappa shape index (κ3) is 4.26. The normalized spacial score (nSPS) is 25.5. The molecule has 1 aliphatic rings. The number of halogens is 2. The second kappa shape index (κ2) is 7.18. The molecule has 0 aliphatic heterocycles. The summed E-state index contributed by atoms with van der Waals surface area (Å²) in [6, 6.07) is 9.47. The van der Waals surface area contributed by atoms with Crippen molar-refractivity contribution >= 4 is 5.97 Å². The van der Waals surface area contributed by atoms with Crippen molar-refractivity contribution in [2.45, 2.75) is 51.1 Å². The number of esters is 1. The predicted molar refractivity (Wildman–Crippen MR) is 80.7 cm³/mol.